The second-order valence-corrected chi connectivity index (χ2v) is 8.90. The predicted molar refractivity (Wildman–Crippen MR) is 118 cm³/mol. The molecule has 1 atom stereocenters. The van der Waals surface area contributed by atoms with E-state index in [0.717, 1.165) is 50.7 Å². The molecule has 168 valence electrons. The van der Waals surface area contributed by atoms with Gasteiger partial charge in [0.1, 0.15) is 11.5 Å². The summed E-state index contributed by atoms with van der Waals surface area (Å²) in [5.74, 6) is 1.81. The summed E-state index contributed by atoms with van der Waals surface area (Å²) in [6, 6.07) is 4.12. The molecule has 1 aliphatic heterocycles. The molecule has 1 amide bonds. The van der Waals surface area contributed by atoms with E-state index >= 15 is 0 Å². The van der Waals surface area contributed by atoms with E-state index in [9.17, 15) is 4.79 Å². The molecule has 1 aromatic heterocycles. The van der Waals surface area contributed by atoms with Gasteiger partial charge in [0.15, 0.2) is 11.5 Å². The monoisotopic (exact) mass is 446 g/mol. The number of thiazole rings is 1. The van der Waals surface area contributed by atoms with Crippen molar-refractivity contribution in [2.24, 2.45) is 0 Å². The van der Waals surface area contributed by atoms with Gasteiger partial charge >= 0.3 is 0 Å². The number of ether oxygens (including phenoxy) is 4. The summed E-state index contributed by atoms with van der Waals surface area (Å²) >= 11 is 1.38. The summed E-state index contributed by atoms with van der Waals surface area (Å²) in [5.41, 5.74) is 2.65. The summed E-state index contributed by atoms with van der Waals surface area (Å²) in [4.78, 5) is 19.9. The minimum Gasteiger partial charge on any atom is -0.493 e. The fourth-order valence-electron chi connectivity index (χ4n) is 4.36. The van der Waals surface area contributed by atoms with Gasteiger partial charge in [0, 0.05) is 19.2 Å². The van der Waals surface area contributed by atoms with Gasteiger partial charge in [-0.25, -0.2) is 0 Å². The predicted octanol–water partition coefficient (Wildman–Crippen LogP) is 4.30. The van der Waals surface area contributed by atoms with Gasteiger partial charge in [0.2, 0.25) is 5.75 Å². The van der Waals surface area contributed by atoms with Crippen LogP contribution in [0.3, 0.4) is 0 Å². The highest BCUT2D eigenvalue weighted by Gasteiger charge is 2.29. The van der Waals surface area contributed by atoms with Crippen molar-refractivity contribution in [3.05, 3.63) is 34.3 Å². The van der Waals surface area contributed by atoms with E-state index < -0.39 is 0 Å². The van der Waals surface area contributed by atoms with Crippen LogP contribution in [0.5, 0.6) is 17.2 Å². The van der Waals surface area contributed by atoms with Crippen molar-refractivity contribution in [2.75, 3.05) is 27.4 Å². The molecule has 1 saturated heterocycles. The van der Waals surface area contributed by atoms with Crippen molar-refractivity contribution in [2.45, 2.75) is 57.2 Å². The Bertz CT molecular complexity index is 836. The van der Waals surface area contributed by atoms with Crippen molar-refractivity contribution >= 4 is 17.2 Å². The smallest absolute Gasteiger partial charge is 0.266 e. The molecule has 8 heteroatoms. The van der Waals surface area contributed by atoms with Crippen LogP contribution in [0.1, 0.15) is 53.8 Å². The number of carbonyl (C=O) groups excluding carboxylic acids is 1. The maximum absolute atomic E-state index is 13.2. The fourth-order valence-corrected chi connectivity index (χ4v) is 4.94. The number of carbonyl (C=O) groups is 1. The highest BCUT2D eigenvalue weighted by Crippen LogP contribution is 2.40. The van der Waals surface area contributed by atoms with E-state index in [0.29, 0.717) is 35.3 Å². The van der Waals surface area contributed by atoms with Crippen LogP contribution in [0, 0.1) is 0 Å². The van der Waals surface area contributed by atoms with Crippen LogP contribution >= 0.6 is 11.3 Å². The number of rotatable bonds is 9. The molecule has 2 heterocycles. The van der Waals surface area contributed by atoms with Gasteiger partial charge in [-0.05, 0) is 43.4 Å². The zero-order valence-corrected chi connectivity index (χ0v) is 19.0. The molecule has 0 radical (unpaired) electrons. The normalized spacial score (nSPS) is 18.8. The molecule has 0 N–H and O–H groups in total. The quantitative estimate of drug-likeness (QED) is 0.572. The lowest BCUT2D eigenvalue weighted by molar-refractivity contribution is 0.0653. The van der Waals surface area contributed by atoms with Crippen LogP contribution in [0.25, 0.3) is 0 Å². The van der Waals surface area contributed by atoms with E-state index in [1.54, 1.807) is 25.9 Å². The Morgan fingerprint density at radius 1 is 1.16 bits per heavy atom. The first-order valence-electron chi connectivity index (χ1n) is 10.9. The first kappa shape index (κ1) is 21.9. The zero-order chi connectivity index (χ0) is 21.6. The van der Waals surface area contributed by atoms with Crippen molar-refractivity contribution in [3.8, 4) is 17.2 Å². The van der Waals surface area contributed by atoms with Crippen LogP contribution in [0.15, 0.2) is 23.8 Å². The summed E-state index contributed by atoms with van der Waals surface area (Å²) in [6.07, 6.45) is 8.18. The van der Waals surface area contributed by atoms with Gasteiger partial charge in [-0.15, -0.1) is 11.3 Å². The van der Waals surface area contributed by atoms with Gasteiger partial charge in [-0.2, -0.15) is 0 Å². The van der Waals surface area contributed by atoms with Crippen LogP contribution in [0.4, 0.5) is 0 Å². The summed E-state index contributed by atoms with van der Waals surface area (Å²) in [6.45, 7) is 1.73. The van der Waals surface area contributed by atoms with E-state index in [4.69, 9.17) is 18.9 Å². The minimum absolute atomic E-state index is 0.0334. The molecule has 1 aliphatic carbocycles. The Balaban J connectivity index is 1.57. The molecule has 31 heavy (non-hydrogen) atoms. The third-order valence-electron chi connectivity index (χ3n) is 5.98. The molecule has 0 spiro atoms. The first-order chi connectivity index (χ1) is 15.2. The van der Waals surface area contributed by atoms with E-state index in [-0.39, 0.29) is 18.1 Å². The largest absolute Gasteiger partial charge is 0.493 e. The first-order valence-corrected chi connectivity index (χ1v) is 11.8. The standard InChI is InChI=1S/C23H30N2O5S/c1-27-19-10-16(11-20(28-2)22(19)30-14-18-8-5-9-29-18)13-25(17-6-3-4-7-17)23(26)21-12-24-15-31-21/h10-12,15,17-18H,3-9,13-14H2,1-2H3. The van der Waals surface area contributed by atoms with Gasteiger partial charge < -0.3 is 23.8 Å². The Morgan fingerprint density at radius 2 is 1.90 bits per heavy atom. The van der Waals surface area contributed by atoms with Crippen molar-refractivity contribution in [3.63, 3.8) is 0 Å². The Kier molecular flexibility index (Phi) is 7.29. The zero-order valence-electron chi connectivity index (χ0n) is 18.2. The molecular weight excluding hydrogens is 416 g/mol. The van der Waals surface area contributed by atoms with E-state index in [2.05, 4.69) is 4.98 Å². The third kappa shape index (κ3) is 5.13. The summed E-state index contributed by atoms with van der Waals surface area (Å²) in [5, 5.41) is 0. The number of amides is 1. The summed E-state index contributed by atoms with van der Waals surface area (Å²) < 4.78 is 23.0. The molecule has 7 nitrogen and oxygen atoms in total. The van der Waals surface area contributed by atoms with Crippen LogP contribution in [-0.4, -0.2) is 55.4 Å². The number of benzene rings is 1. The van der Waals surface area contributed by atoms with Crippen LogP contribution in [-0.2, 0) is 11.3 Å². The highest BCUT2D eigenvalue weighted by molar-refractivity contribution is 7.11. The second-order valence-electron chi connectivity index (χ2n) is 8.01. The van der Waals surface area contributed by atoms with Crippen molar-refractivity contribution in [1.29, 1.82) is 0 Å². The topological polar surface area (TPSA) is 70.1 Å². The Labute approximate surface area is 187 Å². The Hall–Kier alpha value is -2.32. The number of aromatic nitrogens is 1. The van der Waals surface area contributed by atoms with Gasteiger partial charge in [-0.3, -0.25) is 9.78 Å². The minimum atomic E-state index is 0.0334. The highest BCUT2D eigenvalue weighted by atomic mass is 32.1. The van der Waals surface area contributed by atoms with Gasteiger partial charge in [0.25, 0.3) is 5.91 Å². The SMILES string of the molecule is COc1cc(CN(C(=O)c2cncs2)C2CCCC2)cc(OC)c1OCC1CCCO1. The molecule has 4 rings (SSSR count). The maximum atomic E-state index is 13.2. The molecule has 1 unspecified atom stereocenters. The lowest BCUT2D eigenvalue weighted by Crippen LogP contribution is -2.38. The molecule has 0 bridgehead atoms. The second kappa shape index (κ2) is 10.3. The molecule has 1 aromatic carbocycles. The fraction of sp³-hybridized carbons (Fsp3) is 0.565. The molecule has 2 aromatic rings. The van der Waals surface area contributed by atoms with Gasteiger partial charge in [-0.1, -0.05) is 12.8 Å². The molecule has 1 saturated carbocycles. The lowest BCUT2D eigenvalue weighted by atomic mass is 10.1. The number of hydrogen-bond acceptors (Lipinski definition) is 7. The third-order valence-corrected chi connectivity index (χ3v) is 6.74. The van der Waals surface area contributed by atoms with Crippen LogP contribution < -0.4 is 14.2 Å². The Morgan fingerprint density at radius 3 is 2.48 bits per heavy atom. The molecular formula is C23H30N2O5S. The van der Waals surface area contributed by atoms with Gasteiger partial charge in [0.05, 0.1) is 32.0 Å². The van der Waals surface area contributed by atoms with Crippen LogP contribution in [0.2, 0.25) is 0 Å². The molecule has 2 fully saturated rings. The number of nitrogens with zero attached hydrogens (tertiary/aromatic N) is 2. The number of methoxy groups -OCH3 is 2. The lowest BCUT2D eigenvalue weighted by Gasteiger charge is -2.29. The van der Waals surface area contributed by atoms with Crippen molar-refractivity contribution in [1.82, 2.24) is 9.88 Å². The molecule has 2 aliphatic rings. The average Bonchev–Trinajstić information content (AvgIpc) is 3.58. The number of hydrogen-bond donors (Lipinski definition) is 0. The van der Waals surface area contributed by atoms with E-state index in [1.807, 2.05) is 17.0 Å². The maximum Gasteiger partial charge on any atom is 0.266 e. The summed E-state index contributed by atoms with van der Waals surface area (Å²) in [7, 11) is 3.24. The average molecular weight is 447 g/mol. The van der Waals surface area contributed by atoms with E-state index in [1.165, 1.54) is 11.3 Å². The van der Waals surface area contributed by atoms with Crippen molar-refractivity contribution < 1.29 is 23.7 Å².